The predicted molar refractivity (Wildman–Crippen MR) is 62.2 cm³/mol. The van der Waals surface area contributed by atoms with E-state index < -0.39 is 0 Å². The minimum Gasteiger partial charge on any atom is -0.392 e. The van der Waals surface area contributed by atoms with Crippen LogP contribution in [0.5, 0.6) is 0 Å². The molecule has 1 saturated heterocycles. The minimum absolute atomic E-state index is 0.129. The van der Waals surface area contributed by atoms with Crippen molar-refractivity contribution in [3.05, 3.63) is 37.1 Å². The SMILES string of the molecule is C/C=C/C=C/CO.C=CN1CCCC1=O. The van der Waals surface area contributed by atoms with Gasteiger partial charge in [0.05, 0.1) is 6.61 Å². The quantitative estimate of drug-likeness (QED) is 0.721. The zero-order chi connectivity index (χ0) is 11.5. The molecule has 84 valence electrons. The molecule has 0 unspecified atom stereocenters. The van der Waals surface area contributed by atoms with Crippen LogP contribution in [-0.2, 0) is 4.79 Å². The third-order valence-corrected chi connectivity index (χ3v) is 1.88. The summed E-state index contributed by atoms with van der Waals surface area (Å²) in [5.41, 5.74) is 0. The van der Waals surface area contributed by atoms with Gasteiger partial charge in [0, 0.05) is 13.0 Å². The average molecular weight is 209 g/mol. The first-order valence-corrected chi connectivity index (χ1v) is 5.07. The van der Waals surface area contributed by atoms with Crippen molar-refractivity contribution in [1.82, 2.24) is 4.90 Å². The Morgan fingerprint density at radius 3 is 2.60 bits per heavy atom. The zero-order valence-electron chi connectivity index (χ0n) is 9.22. The fourth-order valence-corrected chi connectivity index (χ4v) is 1.11. The topological polar surface area (TPSA) is 40.5 Å². The molecule has 3 nitrogen and oxygen atoms in total. The van der Waals surface area contributed by atoms with Gasteiger partial charge < -0.3 is 10.0 Å². The number of allylic oxidation sites excluding steroid dienone is 3. The molecule has 0 radical (unpaired) electrons. The van der Waals surface area contributed by atoms with Gasteiger partial charge in [-0.05, 0) is 19.5 Å². The van der Waals surface area contributed by atoms with E-state index in [2.05, 4.69) is 6.58 Å². The van der Waals surface area contributed by atoms with Crippen LogP contribution in [-0.4, -0.2) is 29.1 Å². The Morgan fingerprint density at radius 2 is 2.27 bits per heavy atom. The molecule has 1 aliphatic heterocycles. The normalized spacial score (nSPS) is 15.9. The van der Waals surface area contributed by atoms with Crippen molar-refractivity contribution in [1.29, 1.82) is 0 Å². The van der Waals surface area contributed by atoms with E-state index in [0.29, 0.717) is 6.42 Å². The predicted octanol–water partition coefficient (Wildman–Crippen LogP) is 1.86. The van der Waals surface area contributed by atoms with Crippen molar-refractivity contribution in [2.45, 2.75) is 19.8 Å². The highest BCUT2D eigenvalue weighted by molar-refractivity contribution is 5.78. The summed E-state index contributed by atoms with van der Waals surface area (Å²) >= 11 is 0. The van der Waals surface area contributed by atoms with Crippen LogP contribution < -0.4 is 0 Å². The molecule has 0 atom stereocenters. The second-order valence-electron chi connectivity index (χ2n) is 3.01. The third-order valence-electron chi connectivity index (χ3n) is 1.88. The van der Waals surface area contributed by atoms with Crippen molar-refractivity contribution in [2.24, 2.45) is 0 Å². The molecule has 0 aromatic carbocycles. The van der Waals surface area contributed by atoms with Crippen LogP contribution in [0.1, 0.15) is 19.8 Å². The molecule has 0 saturated carbocycles. The van der Waals surface area contributed by atoms with Gasteiger partial charge in [-0.1, -0.05) is 30.9 Å². The lowest BCUT2D eigenvalue weighted by Crippen LogP contribution is -2.16. The number of amides is 1. The van der Waals surface area contributed by atoms with E-state index in [-0.39, 0.29) is 12.5 Å². The van der Waals surface area contributed by atoms with Crippen molar-refractivity contribution < 1.29 is 9.90 Å². The van der Waals surface area contributed by atoms with E-state index in [1.165, 1.54) is 0 Å². The van der Waals surface area contributed by atoms with E-state index in [9.17, 15) is 4.79 Å². The number of hydrogen-bond donors (Lipinski definition) is 1. The third kappa shape index (κ3) is 6.69. The van der Waals surface area contributed by atoms with Crippen LogP contribution in [0.3, 0.4) is 0 Å². The van der Waals surface area contributed by atoms with Crippen molar-refractivity contribution >= 4 is 5.91 Å². The molecule has 1 rings (SSSR count). The Balaban J connectivity index is 0.000000265. The van der Waals surface area contributed by atoms with E-state index in [4.69, 9.17) is 5.11 Å². The molecule has 1 fully saturated rings. The minimum atomic E-state index is 0.129. The van der Waals surface area contributed by atoms with Gasteiger partial charge in [0.2, 0.25) is 5.91 Å². The Hall–Kier alpha value is -1.35. The highest BCUT2D eigenvalue weighted by atomic mass is 16.2. The number of aliphatic hydroxyl groups is 1. The lowest BCUT2D eigenvalue weighted by atomic mass is 10.4. The van der Waals surface area contributed by atoms with Crippen molar-refractivity contribution in [2.75, 3.05) is 13.2 Å². The molecular weight excluding hydrogens is 190 g/mol. The first-order chi connectivity index (χ1) is 7.26. The maximum absolute atomic E-state index is 10.7. The number of likely N-dealkylation sites (tertiary alicyclic amines) is 1. The van der Waals surface area contributed by atoms with Crippen LogP contribution in [0.4, 0.5) is 0 Å². The van der Waals surface area contributed by atoms with E-state index in [1.54, 1.807) is 23.3 Å². The Morgan fingerprint density at radius 1 is 1.53 bits per heavy atom. The van der Waals surface area contributed by atoms with E-state index in [0.717, 1.165) is 13.0 Å². The largest absolute Gasteiger partial charge is 0.392 e. The molecule has 0 spiro atoms. The summed E-state index contributed by atoms with van der Waals surface area (Å²) in [6, 6.07) is 0. The number of rotatable bonds is 3. The van der Waals surface area contributed by atoms with Crippen LogP contribution in [0.2, 0.25) is 0 Å². The summed E-state index contributed by atoms with van der Waals surface area (Å²) in [7, 11) is 0. The Bertz CT molecular complexity index is 244. The van der Waals surface area contributed by atoms with Crippen LogP contribution in [0.15, 0.2) is 37.1 Å². The Kier molecular flexibility index (Phi) is 8.39. The molecule has 1 N–H and O–H groups in total. The van der Waals surface area contributed by atoms with Gasteiger partial charge in [-0.15, -0.1) is 0 Å². The van der Waals surface area contributed by atoms with Crippen LogP contribution >= 0.6 is 0 Å². The highest BCUT2D eigenvalue weighted by Gasteiger charge is 2.15. The summed E-state index contributed by atoms with van der Waals surface area (Å²) in [6.45, 7) is 6.42. The van der Waals surface area contributed by atoms with Gasteiger partial charge in [-0.3, -0.25) is 4.79 Å². The monoisotopic (exact) mass is 209 g/mol. The van der Waals surface area contributed by atoms with Crippen LogP contribution in [0.25, 0.3) is 0 Å². The van der Waals surface area contributed by atoms with Gasteiger partial charge in [0.15, 0.2) is 0 Å². The number of carbonyl (C=O) groups excluding carboxylic acids is 1. The molecule has 3 heteroatoms. The van der Waals surface area contributed by atoms with Crippen molar-refractivity contribution in [3.63, 3.8) is 0 Å². The van der Waals surface area contributed by atoms with Crippen molar-refractivity contribution in [3.8, 4) is 0 Å². The summed E-state index contributed by atoms with van der Waals surface area (Å²) in [4.78, 5) is 12.3. The van der Waals surface area contributed by atoms with E-state index in [1.807, 2.05) is 19.1 Å². The smallest absolute Gasteiger partial charge is 0.226 e. The zero-order valence-corrected chi connectivity index (χ0v) is 9.22. The first-order valence-electron chi connectivity index (χ1n) is 5.07. The molecule has 0 aliphatic carbocycles. The maximum atomic E-state index is 10.7. The molecule has 0 aromatic heterocycles. The number of carbonyl (C=O) groups is 1. The van der Waals surface area contributed by atoms with Gasteiger partial charge in [-0.2, -0.15) is 0 Å². The van der Waals surface area contributed by atoms with E-state index >= 15 is 0 Å². The maximum Gasteiger partial charge on any atom is 0.226 e. The second kappa shape index (κ2) is 9.21. The highest BCUT2D eigenvalue weighted by Crippen LogP contribution is 2.08. The molecule has 0 aromatic rings. The molecule has 1 aliphatic rings. The lowest BCUT2D eigenvalue weighted by molar-refractivity contribution is -0.125. The van der Waals surface area contributed by atoms with Gasteiger partial charge in [0.25, 0.3) is 0 Å². The average Bonchev–Trinajstić information content (AvgIpc) is 2.66. The fourth-order valence-electron chi connectivity index (χ4n) is 1.11. The summed E-state index contributed by atoms with van der Waals surface area (Å²) in [6.07, 6.45) is 10.6. The van der Waals surface area contributed by atoms with Gasteiger partial charge in [0.1, 0.15) is 0 Å². The summed E-state index contributed by atoms with van der Waals surface area (Å²) < 4.78 is 0. The molecule has 1 heterocycles. The standard InChI is InChI=1S/C6H9NO.C6H10O/c1-2-7-5-3-4-6(7)8;1-2-3-4-5-6-7/h2H,1,3-5H2;2-5,7H,6H2,1H3/b;3-2+,5-4+. The molecule has 0 bridgehead atoms. The summed E-state index contributed by atoms with van der Waals surface area (Å²) in [5.74, 6) is 0.208. The fraction of sp³-hybridized carbons (Fsp3) is 0.417. The van der Waals surface area contributed by atoms with Crippen LogP contribution in [0, 0.1) is 0 Å². The lowest BCUT2D eigenvalue weighted by Gasteiger charge is -2.05. The number of nitrogens with zero attached hydrogens (tertiary/aromatic N) is 1. The number of aliphatic hydroxyl groups excluding tert-OH is 1. The molecule has 1 amide bonds. The Labute approximate surface area is 91.4 Å². The van der Waals surface area contributed by atoms with Gasteiger partial charge in [-0.25, -0.2) is 0 Å². The second-order valence-corrected chi connectivity index (χ2v) is 3.01. The first kappa shape index (κ1) is 13.7. The molecule has 15 heavy (non-hydrogen) atoms. The summed E-state index contributed by atoms with van der Waals surface area (Å²) in [5, 5.41) is 8.17. The van der Waals surface area contributed by atoms with Gasteiger partial charge >= 0.3 is 0 Å². The number of hydrogen-bond acceptors (Lipinski definition) is 2. The molecular formula is C12H19NO2.